The molecule has 20 heavy (non-hydrogen) atoms. The quantitative estimate of drug-likeness (QED) is 0.516. The lowest BCUT2D eigenvalue weighted by molar-refractivity contribution is 0.102. The number of rotatable bonds is 3. The fraction of sp³-hybridized carbons (Fsp3) is 0.0833. The number of benzene rings is 1. The molecular formula is C12H10Cl2N4O2. The van der Waals surface area contributed by atoms with Gasteiger partial charge in [0.15, 0.2) is 0 Å². The minimum absolute atomic E-state index is 0.0635. The van der Waals surface area contributed by atoms with E-state index in [0.29, 0.717) is 5.75 Å². The molecule has 0 aliphatic rings. The van der Waals surface area contributed by atoms with Crippen molar-refractivity contribution in [3.05, 3.63) is 40.3 Å². The van der Waals surface area contributed by atoms with Crippen molar-refractivity contribution in [2.75, 3.05) is 18.2 Å². The van der Waals surface area contributed by atoms with Gasteiger partial charge in [0.25, 0.3) is 5.91 Å². The summed E-state index contributed by atoms with van der Waals surface area (Å²) in [7, 11) is 1.47. The molecule has 1 amide bonds. The molecule has 0 bridgehead atoms. The van der Waals surface area contributed by atoms with Gasteiger partial charge in [-0.15, -0.1) is 0 Å². The maximum Gasteiger partial charge on any atom is 0.259 e. The maximum absolute atomic E-state index is 12.1. The molecule has 8 heteroatoms. The summed E-state index contributed by atoms with van der Waals surface area (Å²) in [6.07, 6.45) is 0. The van der Waals surface area contributed by atoms with Crippen LogP contribution in [0.4, 0.5) is 11.5 Å². The Bertz CT molecular complexity index is 644. The SMILES string of the molecule is COc1cccc(C(=O)Nc2cc(Cl)nc(Cl)n2)c1N. The van der Waals surface area contributed by atoms with Gasteiger partial charge in [-0.1, -0.05) is 17.7 Å². The Hall–Kier alpha value is -2.05. The molecule has 2 aromatic rings. The number of ether oxygens (including phenoxy) is 1. The highest BCUT2D eigenvalue weighted by Crippen LogP contribution is 2.25. The Kier molecular flexibility index (Phi) is 4.26. The highest BCUT2D eigenvalue weighted by atomic mass is 35.5. The number of nitrogen functional groups attached to an aromatic ring is 1. The normalized spacial score (nSPS) is 10.2. The van der Waals surface area contributed by atoms with E-state index >= 15 is 0 Å². The van der Waals surface area contributed by atoms with Crippen molar-refractivity contribution in [2.45, 2.75) is 0 Å². The number of nitrogens with two attached hydrogens (primary N) is 1. The van der Waals surface area contributed by atoms with Gasteiger partial charge in [-0.25, -0.2) is 9.97 Å². The van der Waals surface area contributed by atoms with Gasteiger partial charge in [-0.05, 0) is 23.7 Å². The van der Waals surface area contributed by atoms with Crippen molar-refractivity contribution in [1.29, 1.82) is 0 Å². The van der Waals surface area contributed by atoms with E-state index in [1.807, 2.05) is 0 Å². The van der Waals surface area contributed by atoms with Crippen LogP contribution in [0.2, 0.25) is 10.4 Å². The van der Waals surface area contributed by atoms with Crippen LogP contribution in [0.15, 0.2) is 24.3 Å². The smallest absolute Gasteiger partial charge is 0.259 e. The Labute approximate surface area is 124 Å². The highest BCUT2D eigenvalue weighted by Gasteiger charge is 2.14. The number of amides is 1. The van der Waals surface area contributed by atoms with Gasteiger partial charge >= 0.3 is 0 Å². The zero-order valence-electron chi connectivity index (χ0n) is 10.4. The average molecular weight is 313 g/mol. The number of anilines is 2. The number of hydrogen-bond donors (Lipinski definition) is 2. The van der Waals surface area contributed by atoms with Crippen LogP contribution in [-0.4, -0.2) is 23.0 Å². The van der Waals surface area contributed by atoms with Crippen LogP contribution in [0.5, 0.6) is 5.75 Å². The maximum atomic E-state index is 12.1. The molecule has 3 N–H and O–H groups in total. The Morgan fingerprint density at radius 3 is 2.75 bits per heavy atom. The summed E-state index contributed by atoms with van der Waals surface area (Å²) in [5, 5.41) is 2.60. The van der Waals surface area contributed by atoms with Crippen LogP contribution in [0.25, 0.3) is 0 Å². The summed E-state index contributed by atoms with van der Waals surface area (Å²) in [5.74, 6) is 0.144. The van der Waals surface area contributed by atoms with E-state index in [-0.39, 0.29) is 27.5 Å². The minimum atomic E-state index is -0.452. The minimum Gasteiger partial charge on any atom is -0.495 e. The molecule has 0 aliphatic carbocycles. The molecule has 1 aromatic heterocycles. The van der Waals surface area contributed by atoms with Crippen LogP contribution in [0.3, 0.4) is 0 Å². The Morgan fingerprint density at radius 2 is 2.10 bits per heavy atom. The van der Waals surface area contributed by atoms with Crippen LogP contribution < -0.4 is 15.8 Å². The third-order valence-electron chi connectivity index (χ3n) is 2.44. The lowest BCUT2D eigenvalue weighted by Crippen LogP contribution is -2.15. The second-order valence-electron chi connectivity index (χ2n) is 3.72. The molecule has 0 saturated carbocycles. The largest absolute Gasteiger partial charge is 0.495 e. The molecule has 0 saturated heterocycles. The lowest BCUT2D eigenvalue weighted by atomic mass is 10.1. The first kappa shape index (κ1) is 14.4. The summed E-state index contributed by atoms with van der Waals surface area (Å²) in [5.41, 5.74) is 6.33. The molecule has 0 aliphatic heterocycles. The van der Waals surface area contributed by atoms with E-state index in [2.05, 4.69) is 15.3 Å². The van der Waals surface area contributed by atoms with Gasteiger partial charge in [0.05, 0.1) is 18.4 Å². The zero-order valence-corrected chi connectivity index (χ0v) is 11.9. The fourth-order valence-electron chi connectivity index (χ4n) is 1.56. The number of nitrogens with one attached hydrogen (secondary N) is 1. The van der Waals surface area contributed by atoms with Gasteiger partial charge in [-0.3, -0.25) is 4.79 Å². The summed E-state index contributed by atoms with van der Waals surface area (Å²) in [6.45, 7) is 0. The monoisotopic (exact) mass is 312 g/mol. The topological polar surface area (TPSA) is 90.1 Å². The van der Waals surface area contributed by atoms with E-state index in [0.717, 1.165) is 0 Å². The van der Waals surface area contributed by atoms with Gasteiger partial charge in [0, 0.05) is 6.07 Å². The molecular weight excluding hydrogens is 303 g/mol. The number of aromatic nitrogens is 2. The predicted octanol–water partition coefficient (Wildman–Crippen LogP) is 2.63. The van der Waals surface area contributed by atoms with E-state index in [4.69, 9.17) is 33.7 Å². The average Bonchev–Trinajstić information content (AvgIpc) is 2.37. The summed E-state index contributed by atoms with van der Waals surface area (Å²) < 4.78 is 5.05. The van der Waals surface area contributed by atoms with Crippen LogP contribution >= 0.6 is 23.2 Å². The third kappa shape index (κ3) is 3.09. The number of methoxy groups -OCH3 is 1. The van der Waals surface area contributed by atoms with Crippen molar-refractivity contribution in [2.24, 2.45) is 0 Å². The van der Waals surface area contributed by atoms with Crippen LogP contribution in [0, 0.1) is 0 Å². The molecule has 104 valence electrons. The van der Waals surface area contributed by atoms with Crippen LogP contribution in [-0.2, 0) is 0 Å². The summed E-state index contributed by atoms with van der Waals surface area (Å²) in [6, 6.07) is 6.26. The number of carbonyl (C=O) groups excluding carboxylic acids is 1. The van der Waals surface area contributed by atoms with Crippen molar-refractivity contribution >= 4 is 40.6 Å². The Morgan fingerprint density at radius 1 is 1.35 bits per heavy atom. The molecule has 2 rings (SSSR count). The molecule has 0 spiro atoms. The molecule has 1 heterocycles. The first-order chi connectivity index (χ1) is 9.51. The lowest BCUT2D eigenvalue weighted by Gasteiger charge is -2.10. The number of para-hydroxylation sites is 1. The first-order valence-electron chi connectivity index (χ1n) is 5.45. The van der Waals surface area contributed by atoms with Gasteiger partial charge in [0.2, 0.25) is 5.28 Å². The zero-order chi connectivity index (χ0) is 14.7. The molecule has 0 radical (unpaired) electrons. The van der Waals surface area contributed by atoms with E-state index in [9.17, 15) is 4.79 Å². The second kappa shape index (κ2) is 5.94. The summed E-state index contributed by atoms with van der Waals surface area (Å²) >= 11 is 11.4. The Balaban J connectivity index is 2.28. The third-order valence-corrected chi connectivity index (χ3v) is 2.80. The number of nitrogens with zero attached hydrogens (tertiary/aromatic N) is 2. The van der Waals surface area contributed by atoms with Crippen molar-refractivity contribution in [3.63, 3.8) is 0 Å². The number of hydrogen-bond acceptors (Lipinski definition) is 5. The van der Waals surface area contributed by atoms with Crippen LogP contribution in [0.1, 0.15) is 10.4 Å². The fourth-order valence-corrected chi connectivity index (χ4v) is 1.97. The standard InChI is InChI=1S/C12H10Cl2N4O2/c1-20-7-4-2-3-6(10(7)15)11(19)17-9-5-8(13)16-12(14)18-9/h2-5H,15H2,1H3,(H,16,17,18,19). The van der Waals surface area contributed by atoms with Crippen molar-refractivity contribution in [3.8, 4) is 5.75 Å². The van der Waals surface area contributed by atoms with E-state index in [1.165, 1.54) is 13.2 Å². The van der Waals surface area contributed by atoms with Crippen molar-refractivity contribution < 1.29 is 9.53 Å². The molecule has 0 unspecified atom stereocenters. The van der Waals surface area contributed by atoms with Gasteiger partial charge in [-0.2, -0.15) is 0 Å². The van der Waals surface area contributed by atoms with Gasteiger partial charge in [0.1, 0.15) is 16.7 Å². The van der Waals surface area contributed by atoms with Gasteiger partial charge < -0.3 is 15.8 Å². The second-order valence-corrected chi connectivity index (χ2v) is 4.45. The number of halogens is 2. The molecule has 0 atom stereocenters. The molecule has 6 nitrogen and oxygen atoms in total. The first-order valence-corrected chi connectivity index (χ1v) is 6.20. The summed E-state index contributed by atoms with van der Waals surface area (Å²) in [4.78, 5) is 19.7. The predicted molar refractivity (Wildman–Crippen MR) is 77.4 cm³/mol. The molecule has 0 fully saturated rings. The van der Waals surface area contributed by atoms with E-state index < -0.39 is 5.91 Å². The van der Waals surface area contributed by atoms with E-state index in [1.54, 1.807) is 18.2 Å². The highest BCUT2D eigenvalue weighted by molar-refractivity contribution is 6.32. The van der Waals surface area contributed by atoms with Crippen molar-refractivity contribution in [1.82, 2.24) is 9.97 Å². The number of carbonyl (C=O) groups is 1. The molecule has 1 aromatic carbocycles.